The van der Waals surface area contributed by atoms with Crippen LogP contribution >= 0.6 is 0 Å². The summed E-state index contributed by atoms with van der Waals surface area (Å²) in [6.45, 7) is 2.62. The number of ether oxygens (including phenoxy) is 3. The number of rotatable bonds is 8. The van der Waals surface area contributed by atoms with Gasteiger partial charge in [-0.15, -0.1) is 0 Å². The smallest absolute Gasteiger partial charge is 0.376 e. The van der Waals surface area contributed by atoms with Crippen LogP contribution in [0.5, 0.6) is 0 Å². The van der Waals surface area contributed by atoms with E-state index in [1.165, 1.54) is 6.42 Å². The minimum atomic E-state index is -4.26. The second kappa shape index (κ2) is 11.7. The Morgan fingerprint density at radius 1 is 1.22 bits per heavy atom. The summed E-state index contributed by atoms with van der Waals surface area (Å²) in [5.74, 6) is 0.778. The lowest BCUT2D eigenvalue weighted by atomic mass is 10.1. The number of likely N-dealkylation sites (tertiary alicyclic amines) is 1. The van der Waals surface area contributed by atoms with Crippen LogP contribution in [0.4, 0.5) is 13.2 Å². The molecule has 2 aliphatic heterocycles. The van der Waals surface area contributed by atoms with Crippen molar-refractivity contribution in [3.05, 3.63) is 0 Å². The molecule has 0 aliphatic carbocycles. The van der Waals surface area contributed by atoms with E-state index in [0.29, 0.717) is 19.6 Å². The lowest BCUT2D eigenvalue weighted by Gasteiger charge is -2.35. The minimum absolute atomic E-state index is 0.0721. The fourth-order valence-electron chi connectivity index (χ4n) is 3.31. The molecule has 2 fully saturated rings. The predicted octanol–water partition coefficient (Wildman–Crippen LogP) is 2.58. The average Bonchev–Trinajstić information content (AvgIpc) is 2.66. The molecular formula is C18H32F3N3O3. The van der Waals surface area contributed by atoms with Crippen LogP contribution in [-0.2, 0) is 14.2 Å². The maximum atomic E-state index is 12.0. The van der Waals surface area contributed by atoms with Crippen LogP contribution in [0.1, 0.15) is 38.5 Å². The first-order valence-corrected chi connectivity index (χ1v) is 9.81. The van der Waals surface area contributed by atoms with Crippen LogP contribution in [0.25, 0.3) is 0 Å². The Kier molecular flexibility index (Phi) is 9.64. The van der Waals surface area contributed by atoms with Gasteiger partial charge in [0, 0.05) is 39.9 Å². The first kappa shape index (κ1) is 22.2. The van der Waals surface area contributed by atoms with Crippen LogP contribution in [-0.4, -0.2) is 82.4 Å². The number of alkyl halides is 3. The van der Waals surface area contributed by atoms with Crippen molar-refractivity contribution in [1.82, 2.24) is 10.2 Å². The molecule has 0 aromatic carbocycles. The molecule has 2 saturated heterocycles. The van der Waals surface area contributed by atoms with Crippen LogP contribution in [0.15, 0.2) is 4.99 Å². The molecule has 27 heavy (non-hydrogen) atoms. The number of aliphatic imine (C=N–C) groups is 1. The van der Waals surface area contributed by atoms with Gasteiger partial charge in [0.25, 0.3) is 0 Å². The van der Waals surface area contributed by atoms with Crippen LogP contribution in [0.3, 0.4) is 0 Å². The van der Waals surface area contributed by atoms with Gasteiger partial charge in [0.05, 0.1) is 18.8 Å². The Morgan fingerprint density at radius 3 is 2.63 bits per heavy atom. The highest BCUT2D eigenvalue weighted by atomic mass is 19.4. The molecule has 6 nitrogen and oxygen atoms in total. The number of nitrogens with zero attached hydrogens (tertiary/aromatic N) is 2. The highest BCUT2D eigenvalue weighted by Crippen LogP contribution is 2.18. The largest absolute Gasteiger partial charge is 0.411 e. The van der Waals surface area contributed by atoms with Gasteiger partial charge in [-0.05, 0) is 38.5 Å². The molecule has 158 valence electrons. The van der Waals surface area contributed by atoms with E-state index in [1.54, 1.807) is 7.05 Å². The van der Waals surface area contributed by atoms with E-state index in [-0.39, 0.29) is 18.8 Å². The van der Waals surface area contributed by atoms with Gasteiger partial charge < -0.3 is 24.4 Å². The second-order valence-electron chi connectivity index (χ2n) is 7.00. The maximum Gasteiger partial charge on any atom is 0.411 e. The van der Waals surface area contributed by atoms with E-state index in [0.717, 1.165) is 51.3 Å². The van der Waals surface area contributed by atoms with E-state index in [9.17, 15) is 13.2 Å². The Hall–Kier alpha value is -1.06. The number of guanidine groups is 1. The second-order valence-corrected chi connectivity index (χ2v) is 7.00. The van der Waals surface area contributed by atoms with Gasteiger partial charge in [-0.1, -0.05) is 0 Å². The number of hydrogen-bond donors (Lipinski definition) is 1. The van der Waals surface area contributed by atoms with Gasteiger partial charge >= 0.3 is 6.18 Å². The van der Waals surface area contributed by atoms with Crippen LogP contribution in [0.2, 0.25) is 0 Å². The molecule has 9 heteroatoms. The van der Waals surface area contributed by atoms with Crippen molar-refractivity contribution < 1.29 is 27.4 Å². The molecule has 0 saturated carbocycles. The maximum absolute atomic E-state index is 12.0. The standard InChI is InChI=1S/C18H32F3N3O3/c1-22-17(23-8-4-11-25-14-18(19,20)21)24-9-6-15(7-10-24)27-13-16-5-2-3-12-26-16/h15-16H,2-14H2,1H3,(H,22,23). The van der Waals surface area contributed by atoms with Crippen molar-refractivity contribution in [2.24, 2.45) is 4.99 Å². The lowest BCUT2D eigenvalue weighted by Crippen LogP contribution is -2.47. The van der Waals surface area contributed by atoms with E-state index in [4.69, 9.17) is 9.47 Å². The molecule has 0 amide bonds. The van der Waals surface area contributed by atoms with Gasteiger partial charge in [0.1, 0.15) is 6.61 Å². The zero-order valence-electron chi connectivity index (χ0n) is 16.1. The Balaban J connectivity index is 1.56. The SMILES string of the molecule is CN=C(NCCCOCC(F)(F)F)N1CCC(OCC2CCCCO2)CC1. The molecular weight excluding hydrogens is 363 g/mol. The van der Waals surface area contributed by atoms with E-state index in [2.05, 4.69) is 19.9 Å². The summed E-state index contributed by atoms with van der Waals surface area (Å²) in [5.41, 5.74) is 0. The normalized spacial score (nSPS) is 22.9. The van der Waals surface area contributed by atoms with Gasteiger partial charge in [-0.25, -0.2) is 0 Å². The Labute approximate surface area is 159 Å². The van der Waals surface area contributed by atoms with E-state index in [1.807, 2.05) is 0 Å². The van der Waals surface area contributed by atoms with Crippen molar-refractivity contribution in [1.29, 1.82) is 0 Å². The molecule has 2 heterocycles. The quantitative estimate of drug-likeness (QED) is 0.389. The van der Waals surface area contributed by atoms with E-state index < -0.39 is 12.8 Å². The fraction of sp³-hybridized carbons (Fsp3) is 0.944. The highest BCUT2D eigenvalue weighted by molar-refractivity contribution is 5.79. The summed E-state index contributed by atoms with van der Waals surface area (Å²) < 4.78 is 52.3. The summed E-state index contributed by atoms with van der Waals surface area (Å²) in [6.07, 6.45) is 2.04. The molecule has 0 bridgehead atoms. The van der Waals surface area contributed by atoms with E-state index >= 15 is 0 Å². The molecule has 2 rings (SSSR count). The summed E-state index contributed by atoms with van der Waals surface area (Å²) >= 11 is 0. The van der Waals surface area contributed by atoms with Crippen LogP contribution in [0, 0.1) is 0 Å². The molecule has 2 aliphatic rings. The summed E-state index contributed by atoms with van der Waals surface area (Å²) in [4.78, 5) is 6.42. The topological polar surface area (TPSA) is 55.3 Å². The zero-order chi connectivity index (χ0) is 19.5. The number of piperidine rings is 1. The third kappa shape index (κ3) is 9.12. The summed E-state index contributed by atoms with van der Waals surface area (Å²) in [5, 5.41) is 3.19. The minimum Gasteiger partial charge on any atom is -0.376 e. The summed E-state index contributed by atoms with van der Waals surface area (Å²) in [7, 11) is 1.71. The molecule has 0 radical (unpaired) electrons. The van der Waals surface area contributed by atoms with Crippen molar-refractivity contribution in [3.8, 4) is 0 Å². The highest BCUT2D eigenvalue weighted by Gasteiger charge is 2.27. The fourth-order valence-corrected chi connectivity index (χ4v) is 3.31. The van der Waals surface area contributed by atoms with Gasteiger partial charge in [0.2, 0.25) is 0 Å². The van der Waals surface area contributed by atoms with Crippen molar-refractivity contribution >= 4 is 5.96 Å². The monoisotopic (exact) mass is 395 g/mol. The first-order valence-electron chi connectivity index (χ1n) is 9.81. The molecule has 0 spiro atoms. The predicted molar refractivity (Wildman–Crippen MR) is 97.0 cm³/mol. The number of nitrogens with one attached hydrogen (secondary N) is 1. The Morgan fingerprint density at radius 2 is 2.00 bits per heavy atom. The number of halogens is 3. The van der Waals surface area contributed by atoms with Gasteiger partial charge in [0.15, 0.2) is 5.96 Å². The third-order valence-corrected chi connectivity index (χ3v) is 4.76. The average molecular weight is 395 g/mol. The molecule has 0 aromatic rings. The molecule has 1 N–H and O–H groups in total. The number of hydrogen-bond acceptors (Lipinski definition) is 4. The third-order valence-electron chi connectivity index (χ3n) is 4.76. The van der Waals surface area contributed by atoms with Crippen molar-refractivity contribution in [3.63, 3.8) is 0 Å². The molecule has 1 atom stereocenters. The Bertz CT molecular complexity index is 435. The van der Waals surface area contributed by atoms with Gasteiger partial charge in [-0.3, -0.25) is 4.99 Å². The van der Waals surface area contributed by atoms with Crippen molar-refractivity contribution in [2.75, 3.05) is 53.1 Å². The summed E-state index contributed by atoms with van der Waals surface area (Å²) in [6, 6.07) is 0. The molecule has 0 aromatic heterocycles. The van der Waals surface area contributed by atoms with Gasteiger partial charge in [-0.2, -0.15) is 13.2 Å². The van der Waals surface area contributed by atoms with Crippen LogP contribution < -0.4 is 5.32 Å². The zero-order valence-corrected chi connectivity index (χ0v) is 16.1. The molecule has 1 unspecified atom stereocenters. The van der Waals surface area contributed by atoms with Crippen molar-refractivity contribution in [2.45, 2.75) is 56.9 Å². The lowest BCUT2D eigenvalue weighted by molar-refractivity contribution is -0.173. The first-order chi connectivity index (χ1) is 13.0.